The SMILES string of the molecule is Cc1ccc(NC(=O)c2ccnc(C(F)(F)F)n2)cc1-c1ccc2c(c1)N1CCOC[C@H]1[C@H](CO)C2. The van der Waals surface area contributed by atoms with Gasteiger partial charge in [0.25, 0.3) is 5.91 Å². The Labute approximate surface area is 205 Å². The van der Waals surface area contributed by atoms with Gasteiger partial charge in [-0.2, -0.15) is 13.2 Å². The molecule has 3 heterocycles. The molecule has 2 aliphatic rings. The van der Waals surface area contributed by atoms with Crippen molar-refractivity contribution in [1.82, 2.24) is 9.97 Å². The fourth-order valence-corrected chi connectivity index (χ4v) is 4.92. The maximum Gasteiger partial charge on any atom is 0.451 e. The van der Waals surface area contributed by atoms with E-state index in [1.165, 1.54) is 5.56 Å². The van der Waals surface area contributed by atoms with Crippen LogP contribution in [0.3, 0.4) is 0 Å². The number of hydrogen-bond acceptors (Lipinski definition) is 6. The Hall–Kier alpha value is -3.50. The highest BCUT2D eigenvalue weighted by atomic mass is 19.4. The predicted molar refractivity (Wildman–Crippen MR) is 128 cm³/mol. The van der Waals surface area contributed by atoms with Crippen LogP contribution in [-0.4, -0.2) is 53.4 Å². The topological polar surface area (TPSA) is 87.6 Å². The molecule has 5 rings (SSSR count). The molecule has 36 heavy (non-hydrogen) atoms. The summed E-state index contributed by atoms with van der Waals surface area (Å²) in [6.45, 7) is 4.00. The zero-order valence-corrected chi connectivity index (χ0v) is 19.5. The molecule has 0 aliphatic carbocycles. The van der Waals surface area contributed by atoms with Crippen molar-refractivity contribution in [2.75, 3.05) is 36.6 Å². The van der Waals surface area contributed by atoms with Gasteiger partial charge in [0.1, 0.15) is 5.69 Å². The molecule has 2 N–H and O–H groups in total. The number of morpholine rings is 1. The van der Waals surface area contributed by atoms with Gasteiger partial charge in [-0.1, -0.05) is 18.2 Å². The first-order chi connectivity index (χ1) is 17.2. The third-order valence-corrected chi connectivity index (χ3v) is 6.77. The number of nitrogens with one attached hydrogen (secondary N) is 1. The molecular formula is C26H25F3N4O3. The minimum absolute atomic E-state index is 0.101. The van der Waals surface area contributed by atoms with Gasteiger partial charge < -0.3 is 20.1 Å². The van der Waals surface area contributed by atoms with Gasteiger partial charge in [-0.15, -0.1) is 0 Å². The molecule has 2 atom stereocenters. The number of aromatic nitrogens is 2. The largest absolute Gasteiger partial charge is 0.451 e. The number of aliphatic hydroxyl groups is 1. The van der Waals surface area contributed by atoms with Crippen LogP contribution in [0.2, 0.25) is 0 Å². The standard InChI is InChI=1S/C26H25F3N4O3/c1-15-2-5-19(31-24(35)21-6-7-30-25(32-21)26(27,28)29)12-20(15)16-3-4-17-10-18(13-34)23-14-36-9-8-33(23)22(17)11-16/h2-7,11-12,18,23,34H,8-10,13-14H2,1H3,(H,31,35)/t18-,23-/m0/s1. The zero-order chi connectivity index (χ0) is 25.4. The maximum atomic E-state index is 12.9. The summed E-state index contributed by atoms with van der Waals surface area (Å²) in [5, 5.41) is 12.5. The first-order valence-electron chi connectivity index (χ1n) is 11.7. The molecule has 0 spiro atoms. The monoisotopic (exact) mass is 498 g/mol. The summed E-state index contributed by atoms with van der Waals surface area (Å²) in [5.41, 5.74) is 5.18. The fraction of sp³-hybridized carbons (Fsp3) is 0.346. The highest BCUT2D eigenvalue weighted by Gasteiger charge is 2.36. The van der Waals surface area contributed by atoms with Crippen molar-refractivity contribution in [1.29, 1.82) is 0 Å². The van der Waals surface area contributed by atoms with Crippen molar-refractivity contribution in [2.24, 2.45) is 5.92 Å². The van der Waals surface area contributed by atoms with Crippen LogP contribution in [0.15, 0.2) is 48.7 Å². The molecule has 0 unspecified atom stereocenters. The van der Waals surface area contributed by atoms with Gasteiger partial charge in [-0.3, -0.25) is 4.79 Å². The quantitative estimate of drug-likeness (QED) is 0.564. The van der Waals surface area contributed by atoms with Crippen LogP contribution in [-0.2, 0) is 17.3 Å². The fourth-order valence-electron chi connectivity index (χ4n) is 4.92. The van der Waals surface area contributed by atoms with Gasteiger partial charge in [-0.25, -0.2) is 9.97 Å². The van der Waals surface area contributed by atoms with E-state index < -0.39 is 17.9 Å². The Morgan fingerprint density at radius 2 is 2.06 bits per heavy atom. The number of aliphatic hydroxyl groups excluding tert-OH is 1. The van der Waals surface area contributed by atoms with E-state index in [9.17, 15) is 23.1 Å². The van der Waals surface area contributed by atoms with Crippen LogP contribution in [0, 0.1) is 12.8 Å². The average molecular weight is 499 g/mol. The number of aryl methyl sites for hydroxylation is 1. The molecule has 7 nitrogen and oxygen atoms in total. The molecule has 0 bridgehead atoms. The second kappa shape index (κ2) is 9.51. The summed E-state index contributed by atoms with van der Waals surface area (Å²) in [5.74, 6) is -2.00. The van der Waals surface area contributed by atoms with E-state index >= 15 is 0 Å². The van der Waals surface area contributed by atoms with Crippen molar-refractivity contribution in [3.63, 3.8) is 0 Å². The lowest BCUT2D eigenvalue weighted by molar-refractivity contribution is -0.145. The van der Waals surface area contributed by atoms with Crippen molar-refractivity contribution in [3.8, 4) is 11.1 Å². The number of hydrogen-bond donors (Lipinski definition) is 2. The molecule has 2 aliphatic heterocycles. The molecular weight excluding hydrogens is 473 g/mol. The van der Waals surface area contributed by atoms with Crippen molar-refractivity contribution < 1.29 is 27.8 Å². The molecule has 10 heteroatoms. The van der Waals surface area contributed by atoms with Crippen LogP contribution in [0.5, 0.6) is 0 Å². The molecule has 3 aromatic rings. The number of ether oxygens (including phenoxy) is 1. The highest BCUT2D eigenvalue weighted by molar-refractivity contribution is 6.03. The number of halogens is 3. The molecule has 1 saturated heterocycles. The number of benzene rings is 2. The summed E-state index contributed by atoms with van der Waals surface area (Å²) in [4.78, 5) is 21.5. The number of fused-ring (bicyclic) bond motifs is 3. The number of alkyl halides is 3. The highest BCUT2D eigenvalue weighted by Crippen LogP contribution is 2.39. The summed E-state index contributed by atoms with van der Waals surface area (Å²) in [7, 11) is 0. The molecule has 0 radical (unpaired) electrons. The van der Waals surface area contributed by atoms with E-state index in [0.29, 0.717) is 18.9 Å². The normalized spacial score (nSPS) is 19.4. The Morgan fingerprint density at radius 3 is 2.83 bits per heavy atom. The Balaban J connectivity index is 1.43. The number of rotatable bonds is 4. The average Bonchev–Trinajstić information content (AvgIpc) is 2.88. The van der Waals surface area contributed by atoms with Gasteiger partial charge in [-0.05, 0) is 59.9 Å². The Morgan fingerprint density at radius 1 is 1.22 bits per heavy atom. The first-order valence-corrected chi connectivity index (χ1v) is 11.7. The Kier molecular flexibility index (Phi) is 6.40. The minimum atomic E-state index is -4.74. The van der Waals surface area contributed by atoms with E-state index in [-0.39, 0.29) is 24.3 Å². The van der Waals surface area contributed by atoms with E-state index in [1.54, 1.807) is 12.1 Å². The predicted octanol–water partition coefficient (Wildman–Crippen LogP) is 4.09. The van der Waals surface area contributed by atoms with Crippen LogP contribution in [0.25, 0.3) is 11.1 Å². The zero-order valence-electron chi connectivity index (χ0n) is 19.5. The number of nitrogens with zero attached hydrogens (tertiary/aromatic N) is 3. The van der Waals surface area contributed by atoms with E-state index in [1.807, 2.05) is 19.1 Å². The van der Waals surface area contributed by atoms with Gasteiger partial charge in [0.2, 0.25) is 5.82 Å². The van der Waals surface area contributed by atoms with Crippen LogP contribution in [0.4, 0.5) is 24.5 Å². The maximum absolute atomic E-state index is 12.9. The molecule has 2 aromatic carbocycles. The summed E-state index contributed by atoms with van der Waals surface area (Å²) < 4.78 is 44.5. The van der Waals surface area contributed by atoms with Gasteiger partial charge in [0.05, 0.1) is 19.3 Å². The lowest BCUT2D eigenvalue weighted by Crippen LogP contribution is -2.53. The lowest BCUT2D eigenvalue weighted by Gasteiger charge is -2.46. The van der Waals surface area contributed by atoms with E-state index in [4.69, 9.17) is 4.74 Å². The summed E-state index contributed by atoms with van der Waals surface area (Å²) >= 11 is 0. The second-order valence-corrected chi connectivity index (χ2v) is 9.07. The summed E-state index contributed by atoms with van der Waals surface area (Å²) in [6, 6.07) is 12.8. The third kappa shape index (κ3) is 4.66. The molecule has 188 valence electrons. The lowest BCUT2D eigenvalue weighted by atomic mass is 9.84. The van der Waals surface area contributed by atoms with Crippen LogP contribution in [0.1, 0.15) is 27.4 Å². The number of amides is 1. The van der Waals surface area contributed by atoms with Crippen molar-refractivity contribution in [2.45, 2.75) is 25.6 Å². The van der Waals surface area contributed by atoms with Crippen LogP contribution < -0.4 is 10.2 Å². The van der Waals surface area contributed by atoms with E-state index in [0.717, 1.165) is 47.6 Å². The molecule has 1 fully saturated rings. The minimum Gasteiger partial charge on any atom is -0.396 e. The van der Waals surface area contributed by atoms with Crippen LogP contribution >= 0.6 is 0 Å². The summed E-state index contributed by atoms with van der Waals surface area (Å²) in [6.07, 6.45) is -3.06. The first kappa shape index (κ1) is 24.2. The third-order valence-electron chi connectivity index (χ3n) is 6.77. The smallest absolute Gasteiger partial charge is 0.396 e. The number of carbonyl (C=O) groups is 1. The number of carbonyl (C=O) groups excluding carboxylic acids is 1. The van der Waals surface area contributed by atoms with E-state index in [2.05, 4.69) is 32.3 Å². The molecule has 1 amide bonds. The molecule has 1 aromatic heterocycles. The van der Waals surface area contributed by atoms with Gasteiger partial charge >= 0.3 is 6.18 Å². The van der Waals surface area contributed by atoms with Crippen molar-refractivity contribution >= 4 is 17.3 Å². The van der Waals surface area contributed by atoms with Gasteiger partial charge in [0.15, 0.2) is 0 Å². The Bertz CT molecular complexity index is 1300. The van der Waals surface area contributed by atoms with Crippen molar-refractivity contribution in [3.05, 3.63) is 71.3 Å². The van der Waals surface area contributed by atoms with Gasteiger partial charge in [0, 0.05) is 36.6 Å². The molecule has 0 saturated carbocycles. The number of anilines is 2. The second-order valence-electron chi connectivity index (χ2n) is 9.07.